The van der Waals surface area contributed by atoms with Gasteiger partial charge >= 0.3 is 0 Å². The van der Waals surface area contributed by atoms with Gasteiger partial charge in [-0.15, -0.1) is 0 Å². The van der Waals surface area contributed by atoms with E-state index >= 15 is 0 Å². The van der Waals surface area contributed by atoms with E-state index < -0.39 is 0 Å². The van der Waals surface area contributed by atoms with Gasteiger partial charge in [-0.05, 0) is 17.0 Å². The molecule has 1 saturated heterocycles. The van der Waals surface area contributed by atoms with Crippen molar-refractivity contribution in [2.45, 2.75) is 19.8 Å². The monoisotopic (exact) mass is 372 g/mol. The van der Waals surface area contributed by atoms with Crippen LogP contribution in [0.15, 0.2) is 24.7 Å². The Kier molecular flexibility index (Phi) is 3.80. The van der Waals surface area contributed by atoms with E-state index in [1.165, 1.54) is 0 Å². The Morgan fingerprint density at radius 2 is 2.04 bits per heavy atom. The van der Waals surface area contributed by atoms with Crippen LogP contribution >= 0.6 is 11.6 Å². The molecule has 7 nitrogen and oxygen atoms in total. The van der Waals surface area contributed by atoms with Crippen molar-refractivity contribution in [3.63, 3.8) is 0 Å². The van der Waals surface area contributed by atoms with Crippen LogP contribution in [0.3, 0.4) is 0 Å². The number of aryl methyl sites for hydroxylation is 2. The van der Waals surface area contributed by atoms with E-state index in [0.717, 1.165) is 10.9 Å². The molecule has 8 heteroatoms. The Morgan fingerprint density at radius 3 is 2.73 bits per heavy atom. The van der Waals surface area contributed by atoms with Crippen LogP contribution in [0.5, 0.6) is 0 Å². The molecule has 4 heterocycles. The number of nitrogens with zero attached hydrogens (tertiary/aromatic N) is 6. The molecule has 0 aromatic carbocycles. The molecule has 0 aliphatic carbocycles. The van der Waals surface area contributed by atoms with Gasteiger partial charge in [0.25, 0.3) is 5.91 Å². The first-order chi connectivity index (χ1) is 12.3. The summed E-state index contributed by atoms with van der Waals surface area (Å²) in [5.74, 6) is 0.140. The van der Waals surface area contributed by atoms with Crippen molar-refractivity contribution < 1.29 is 4.79 Å². The van der Waals surface area contributed by atoms with Crippen LogP contribution in [0.4, 0.5) is 0 Å². The first-order valence-corrected chi connectivity index (χ1v) is 8.90. The first kappa shape index (κ1) is 17.0. The van der Waals surface area contributed by atoms with Gasteiger partial charge < -0.3 is 4.90 Å². The maximum atomic E-state index is 13.1. The van der Waals surface area contributed by atoms with Crippen molar-refractivity contribution in [1.29, 1.82) is 0 Å². The Bertz CT molecular complexity index is 1000. The molecule has 1 fully saturated rings. The van der Waals surface area contributed by atoms with Crippen molar-refractivity contribution in [2.24, 2.45) is 19.5 Å². The average molecular weight is 373 g/mol. The van der Waals surface area contributed by atoms with Crippen LogP contribution in [0.1, 0.15) is 35.7 Å². The molecular formula is C18H21ClN6O. The molecule has 0 radical (unpaired) electrons. The van der Waals surface area contributed by atoms with E-state index in [-0.39, 0.29) is 22.4 Å². The lowest BCUT2D eigenvalue weighted by Crippen LogP contribution is -2.30. The van der Waals surface area contributed by atoms with Gasteiger partial charge in [0.2, 0.25) is 0 Å². The SMILES string of the molecule is Cn1cc(C2CN(C(=O)c3cc4cnn(C)c4nc3Cl)CC2(C)C)cn1. The van der Waals surface area contributed by atoms with Crippen LogP contribution in [0.25, 0.3) is 11.0 Å². The summed E-state index contributed by atoms with van der Waals surface area (Å²) in [6, 6.07) is 1.78. The summed E-state index contributed by atoms with van der Waals surface area (Å²) in [6.45, 7) is 5.66. The van der Waals surface area contributed by atoms with Gasteiger partial charge in [-0.2, -0.15) is 10.2 Å². The van der Waals surface area contributed by atoms with Crippen molar-refractivity contribution in [1.82, 2.24) is 29.4 Å². The van der Waals surface area contributed by atoms with E-state index in [0.29, 0.717) is 24.3 Å². The number of fused-ring (bicyclic) bond motifs is 1. The lowest BCUT2D eigenvalue weighted by Gasteiger charge is -2.24. The number of halogens is 1. The van der Waals surface area contributed by atoms with Gasteiger partial charge in [0.05, 0.1) is 18.0 Å². The van der Waals surface area contributed by atoms with Gasteiger partial charge in [0, 0.05) is 44.7 Å². The molecule has 3 aromatic rings. The van der Waals surface area contributed by atoms with Crippen LogP contribution in [-0.4, -0.2) is 48.4 Å². The predicted molar refractivity (Wildman–Crippen MR) is 99.2 cm³/mol. The summed E-state index contributed by atoms with van der Waals surface area (Å²) in [6.07, 6.45) is 5.61. The molecule has 1 unspecified atom stereocenters. The highest BCUT2D eigenvalue weighted by Crippen LogP contribution is 2.42. The minimum Gasteiger partial charge on any atom is -0.337 e. The van der Waals surface area contributed by atoms with Gasteiger partial charge in [0.1, 0.15) is 5.15 Å². The highest BCUT2D eigenvalue weighted by atomic mass is 35.5. The second-order valence-corrected chi connectivity index (χ2v) is 8.04. The van der Waals surface area contributed by atoms with Gasteiger partial charge in [0.15, 0.2) is 5.65 Å². The van der Waals surface area contributed by atoms with Crippen LogP contribution in [0.2, 0.25) is 5.15 Å². The second-order valence-electron chi connectivity index (χ2n) is 7.68. The van der Waals surface area contributed by atoms with E-state index in [1.807, 2.05) is 24.3 Å². The Labute approximate surface area is 156 Å². The third kappa shape index (κ3) is 2.67. The fraction of sp³-hybridized carbons (Fsp3) is 0.444. The fourth-order valence-electron chi connectivity index (χ4n) is 3.84. The summed E-state index contributed by atoms with van der Waals surface area (Å²) in [7, 11) is 3.71. The van der Waals surface area contributed by atoms with Crippen molar-refractivity contribution in [2.75, 3.05) is 13.1 Å². The average Bonchev–Trinajstić information content (AvgIpc) is 3.24. The van der Waals surface area contributed by atoms with E-state index in [4.69, 9.17) is 11.6 Å². The highest BCUT2D eigenvalue weighted by molar-refractivity contribution is 6.33. The van der Waals surface area contributed by atoms with Crippen LogP contribution in [0, 0.1) is 5.41 Å². The molecule has 1 aliphatic rings. The molecule has 0 bridgehead atoms. The third-order valence-corrected chi connectivity index (χ3v) is 5.54. The van der Waals surface area contributed by atoms with E-state index in [9.17, 15) is 4.79 Å². The number of carbonyl (C=O) groups excluding carboxylic acids is 1. The molecule has 4 rings (SSSR count). The van der Waals surface area contributed by atoms with Crippen LogP contribution < -0.4 is 0 Å². The Hall–Kier alpha value is -2.41. The summed E-state index contributed by atoms with van der Waals surface area (Å²) in [5, 5.41) is 9.48. The molecular weight excluding hydrogens is 352 g/mol. The Balaban J connectivity index is 1.66. The normalized spacial score (nSPS) is 19.4. The number of amides is 1. The van der Waals surface area contributed by atoms with Crippen molar-refractivity contribution in [3.8, 4) is 0 Å². The summed E-state index contributed by atoms with van der Waals surface area (Å²) >= 11 is 6.32. The zero-order valence-electron chi connectivity index (χ0n) is 15.3. The summed E-state index contributed by atoms with van der Waals surface area (Å²) in [5.41, 5.74) is 2.20. The molecule has 3 aromatic heterocycles. The molecule has 1 atom stereocenters. The lowest BCUT2D eigenvalue weighted by molar-refractivity contribution is 0.0778. The molecule has 26 heavy (non-hydrogen) atoms. The standard InChI is InChI=1S/C18H21ClN6O/c1-18(2)10-25(9-14(18)12-7-20-23(3)8-12)17(26)13-5-11-6-21-24(4)16(11)22-15(13)19/h5-8,14H,9-10H2,1-4H3. The zero-order chi connectivity index (χ0) is 18.6. The summed E-state index contributed by atoms with van der Waals surface area (Å²) < 4.78 is 3.44. The smallest absolute Gasteiger partial charge is 0.257 e. The molecule has 1 aliphatic heterocycles. The highest BCUT2D eigenvalue weighted by Gasteiger charge is 2.43. The quantitative estimate of drug-likeness (QED) is 0.648. The molecule has 136 valence electrons. The number of hydrogen-bond donors (Lipinski definition) is 0. The molecule has 0 N–H and O–H groups in total. The van der Waals surface area contributed by atoms with Gasteiger partial charge in [-0.3, -0.25) is 14.2 Å². The number of pyridine rings is 1. The van der Waals surface area contributed by atoms with Gasteiger partial charge in [-0.25, -0.2) is 4.98 Å². The number of hydrogen-bond acceptors (Lipinski definition) is 4. The second kappa shape index (κ2) is 5.81. The topological polar surface area (TPSA) is 68.8 Å². The Morgan fingerprint density at radius 1 is 1.27 bits per heavy atom. The molecule has 0 saturated carbocycles. The predicted octanol–water partition coefficient (Wildman–Crippen LogP) is 2.62. The number of rotatable bonds is 2. The molecule has 0 spiro atoms. The maximum absolute atomic E-state index is 13.1. The third-order valence-electron chi connectivity index (χ3n) is 5.25. The van der Waals surface area contributed by atoms with E-state index in [1.54, 1.807) is 28.7 Å². The van der Waals surface area contributed by atoms with Crippen molar-refractivity contribution >= 4 is 28.5 Å². The lowest BCUT2D eigenvalue weighted by atomic mass is 9.79. The van der Waals surface area contributed by atoms with Crippen molar-refractivity contribution in [3.05, 3.63) is 40.9 Å². The number of aromatic nitrogens is 5. The first-order valence-electron chi connectivity index (χ1n) is 8.52. The number of carbonyl (C=O) groups is 1. The van der Waals surface area contributed by atoms with Gasteiger partial charge in [-0.1, -0.05) is 25.4 Å². The minimum atomic E-state index is -0.0901. The molecule has 1 amide bonds. The summed E-state index contributed by atoms with van der Waals surface area (Å²) in [4.78, 5) is 19.4. The largest absolute Gasteiger partial charge is 0.337 e. The zero-order valence-corrected chi connectivity index (χ0v) is 16.0. The van der Waals surface area contributed by atoms with Crippen LogP contribution in [-0.2, 0) is 14.1 Å². The van der Waals surface area contributed by atoms with E-state index in [2.05, 4.69) is 29.0 Å². The number of likely N-dealkylation sites (tertiary alicyclic amines) is 1. The maximum Gasteiger partial charge on any atom is 0.257 e. The fourth-order valence-corrected chi connectivity index (χ4v) is 4.06. The minimum absolute atomic E-state index is 0.0446.